The van der Waals surface area contributed by atoms with Crippen molar-refractivity contribution in [3.63, 3.8) is 0 Å². The van der Waals surface area contributed by atoms with Gasteiger partial charge in [-0.25, -0.2) is 4.79 Å². The highest BCUT2D eigenvalue weighted by Crippen LogP contribution is 2.42. The van der Waals surface area contributed by atoms with Crippen LogP contribution >= 0.6 is 0 Å². The molecule has 0 spiro atoms. The number of carboxylic acids is 1. The van der Waals surface area contributed by atoms with Gasteiger partial charge in [-0.2, -0.15) is 5.26 Å². The highest BCUT2D eigenvalue weighted by atomic mass is 35.5. The normalized spacial score (nSPS) is 19.8. The number of methoxy groups -OCH3 is 4. The molecule has 9 heteroatoms. The van der Waals surface area contributed by atoms with E-state index in [0.717, 1.165) is 21.6 Å². The molecule has 208 valence electrons. The Labute approximate surface area is 231 Å². The van der Waals surface area contributed by atoms with Gasteiger partial charge in [0, 0.05) is 18.4 Å². The Hall–Kier alpha value is -3.15. The molecule has 0 saturated heterocycles. The van der Waals surface area contributed by atoms with Gasteiger partial charge in [-0.05, 0) is 54.2 Å². The molecule has 8 nitrogen and oxygen atoms in total. The molecule has 0 fully saturated rings. The van der Waals surface area contributed by atoms with Crippen LogP contribution in [0.25, 0.3) is 0 Å². The monoisotopic (exact) mass is 546 g/mol. The minimum absolute atomic E-state index is 0. The maximum atomic E-state index is 12.8. The van der Waals surface area contributed by atoms with Gasteiger partial charge in [-0.15, -0.1) is 0 Å². The number of fused-ring (bicyclic) bond motifs is 1. The lowest BCUT2D eigenvalue weighted by atomic mass is 9.68. The van der Waals surface area contributed by atoms with Crippen molar-refractivity contribution < 1.29 is 46.2 Å². The first kappa shape index (κ1) is 31.1. The Morgan fingerprint density at radius 2 is 1.58 bits per heavy atom. The molecule has 1 heterocycles. The largest absolute Gasteiger partial charge is 1.00 e. The zero-order chi connectivity index (χ0) is 27.4. The number of likely N-dealkylation sites (N-methyl/N-ethyl adjacent to an activating group) is 1. The lowest BCUT2D eigenvalue weighted by molar-refractivity contribution is -0.940. The number of ether oxygens (including phenoxy) is 4. The van der Waals surface area contributed by atoms with Gasteiger partial charge in [0.2, 0.25) is 0 Å². The molecule has 0 amide bonds. The lowest BCUT2D eigenvalue weighted by Crippen LogP contribution is -3.19. The van der Waals surface area contributed by atoms with Crippen LogP contribution in [0.3, 0.4) is 0 Å². The molecule has 3 rings (SSSR count). The number of carbonyl (C=O) groups is 1. The van der Waals surface area contributed by atoms with E-state index in [1.54, 1.807) is 28.4 Å². The first-order chi connectivity index (χ1) is 17.6. The van der Waals surface area contributed by atoms with Crippen molar-refractivity contribution >= 4 is 5.97 Å². The van der Waals surface area contributed by atoms with Crippen LogP contribution in [-0.4, -0.2) is 52.1 Å². The summed E-state index contributed by atoms with van der Waals surface area (Å²) in [5.41, 5.74) is 1.06. The van der Waals surface area contributed by atoms with Crippen LogP contribution in [0, 0.1) is 17.2 Å². The van der Waals surface area contributed by atoms with E-state index in [1.165, 1.54) is 0 Å². The standard InChI is InChI=1S/C29H38N2O6.ClH/c1-19(2)28(18-30,22-9-10-23(34-4)26(15-22)37-7)11-8-12-29(27(32)33)16-20-13-24(35-5)25(36-6)14-21(20)17-31(29)3;/h9-10,13-15,19H,8,11-12,16-17H2,1-7H3,(H,32,33);1H. The number of nitriles is 1. The van der Waals surface area contributed by atoms with E-state index in [2.05, 4.69) is 6.07 Å². The van der Waals surface area contributed by atoms with Gasteiger partial charge in [0.1, 0.15) is 6.54 Å². The second kappa shape index (κ2) is 12.6. The molecule has 0 bridgehead atoms. The van der Waals surface area contributed by atoms with Gasteiger partial charge in [-0.1, -0.05) is 19.9 Å². The minimum atomic E-state index is -1.01. The molecule has 38 heavy (non-hydrogen) atoms. The molecule has 3 atom stereocenters. The van der Waals surface area contributed by atoms with Crippen molar-refractivity contribution in [1.82, 2.24) is 0 Å². The van der Waals surface area contributed by atoms with Gasteiger partial charge < -0.3 is 41.4 Å². The van der Waals surface area contributed by atoms with E-state index in [4.69, 9.17) is 18.9 Å². The van der Waals surface area contributed by atoms with Crippen molar-refractivity contribution in [1.29, 1.82) is 5.26 Å². The van der Waals surface area contributed by atoms with Crippen molar-refractivity contribution in [2.75, 3.05) is 35.5 Å². The number of rotatable bonds is 11. The van der Waals surface area contributed by atoms with Gasteiger partial charge in [0.15, 0.2) is 28.5 Å². The number of carboxylic acid groups (broad SMARTS) is 1. The predicted molar refractivity (Wildman–Crippen MR) is 140 cm³/mol. The number of nitrogens with one attached hydrogen (secondary N) is 1. The number of nitrogens with zero attached hydrogens (tertiary/aromatic N) is 1. The van der Waals surface area contributed by atoms with E-state index in [9.17, 15) is 15.2 Å². The molecule has 0 radical (unpaired) electrons. The second-order valence-electron chi connectivity index (χ2n) is 10.2. The Balaban J connectivity index is 0.00000507. The minimum Gasteiger partial charge on any atom is -1.00 e. The van der Waals surface area contributed by atoms with E-state index < -0.39 is 16.9 Å². The first-order valence-corrected chi connectivity index (χ1v) is 12.6. The average Bonchev–Trinajstić information content (AvgIpc) is 2.89. The van der Waals surface area contributed by atoms with Crippen LogP contribution in [0.1, 0.15) is 49.8 Å². The van der Waals surface area contributed by atoms with Gasteiger partial charge in [-0.3, -0.25) is 0 Å². The van der Waals surface area contributed by atoms with Crippen molar-refractivity contribution in [3.8, 4) is 29.1 Å². The number of aliphatic carboxylic acids is 1. The number of benzene rings is 2. The van der Waals surface area contributed by atoms with Gasteiger partial charge >= 0.3 is 5.97 Å². The topological polar surface area (TPSA) is 102 Å². The quantitative estimate of drug-likeness (QED) is 0.421. The highest BCUT2D eigenvalue weighted by Gasteiger charge is 2.50. The maximum absolute atomic E-state index is 12.8. The summed E-state index contributed by atoms with van der Waals surface area (Å²) in [5.74, 6) is 1.58. The smallest absolute Gasteiger partial charge is 0.366 e. The Bertz CT molecular complexity index is 1180. The van der Waals surface area contributed by atoms with E-state index in [1.807, 2.05) is 51.2 Å². The SMILES string of the molecule is COc1ccc(C(C#N)(CCCC2(C(=O)O)Cc3cc(OC)c(OC)cc3C[NH+]2C)C(C)C)cc1OC.[Cl-]. The van der Waals surface area contributed by atoms with Crippen LogP contribution in [-0.2, 0) is 23.2 Å². The van der Waals surface area contributed by atoms with Crippen molar-refractivity contribution in [2.24, 2.45) is 5.92 Å². The Morgan fingerprint density at radius 3 is 2.08 bits per heavy atom. The summed E-state index contributed by atoms with van der Waals surface area (Å²) < 4.78 is 21.8. The van der Waals surface area contributed by atoms with Crippen LogP contribution in [0.15, 0.2) is 30.3 Å². The van der Waals surface area contributed by atoms with Crippen LogP contribution in [0.5, 0.6) is 23.0 Å². The Kier molecular flexibility index (Phi) is 10.3. The molecule has 0 saturated carbocycles. The fourth-order valence-corrected chi connectivity index (χ4v) is 5.69. The number of hydrogen-bond donors (Lipinski definition) is 2. The zero-order valence-corrected chi connectivity index (χ0v) is 24.1. The number of quaternary nitrogens is 1. The van der Waals surface area contributed by atoms with Crippen LogP contribution < -0.4 is 36.3 Å². The summed E-state index contributed by atoms with van der Waals surface area (Å²) in [6.45, 7) is 4.62. The third-order valence-electron chi connectivity index (χ3n) is 8.14. The molecule has 3 unspecified atom stereocenters. The lowest BCUT2D eigenvalue weighted by Gasteiger charge is -2.40. The molecule has 0 aromatic heterocycles. The highest BCUT2D eigenvalue weighted by molar-refractivity contribution is 5.78. The molecular formula is C29H39ClN2O6. The maximum Gasteiger partial charge on any atom is 0.366 e. The Morgan fingerprint density at radius 1 is 1.03 bits per heavy atom. The summed E-state index contributed by atoms with van der Waals surface area (Å²) >= 11 is 0. The molecule has 2 aromatic carbocycles. The number of halogens is 1. The zero-order valence-electron chi connectivity index (χ0n) is 23.3. The fraction of sp³-hybridized carbons (Fsp3) is 0.517. The summed E-state index contributed by atoms with van der Waals surface area (Å²) in [5, 5.41) is 20.9. The van der Waals surface area contributed by atoms with E-state index in [0.29, 0.717) is 55.2 Å². The van der Waals surface area contributed by atoms with Gasteiger partial charge in [0.05, 0.1) is 47.0 Å². The second-order valence-corrected chi connectivity index (χ2v) is 10.2. The summed E-state index contributed by atoms with van der Waals surface area (Å²) in [7, 11) is 8.26. The summed E-state index contributed by atoms with van der Waals surface area (Å²) in [6.07, 6.45) is 1.91. The average molecular weight is 547 g/mol. The van der Waals surface area contributed by atoms with Crippen molar-refractivity contribution in [2.45, 2.75) is 57.0 Å². The third kappa shape index (κ3) is 5.50. The summed E-state index contributed by atoms with van der Waals surface area (Å²) in [6, 6.07) is 12.0. The third-order valence-corrected chi connectivity index (χ3v) is 8.14. The van der Waals surface area contributed by atoms with Gasteiger partial charge in [0.25, 0.3) is 0 Å². The van der Waals surface area contributed by atoms with Crippen LogP contribution in [0.2, 0.25) is 0 Å². The first-order valence-electron chi connectivity index (χ1n) is 12.6. The van der Waals surface area contributed by atoms with Crippen molar-refractivity contribution in [3.05, 3.63) is 47.0 Å². The molecule has 1 aliphatic heterocycles. The molecular weight excluding hydrogens is 508 g/mol. The van der Waals surface area contributed by atoms with E-state index >= 15 is 0 Å². The van der Waals surface area contributed by atoms with E-state index in [-0.39, 0.29) is 18.3 Å². The molecule has 0 aliphatic carbocycles. The van der Waals surface area contributed by atoms with Crippen LogP contribution in [0.4, 0.5) is 0 Å². The summed E-state index contributed by atoms with van der Waals surface area (Å²) in [4.78, 5) is 13.7. The molecule has 1 aliphatic rings. The fourth-order valence-electron chi connectivity index (χ4n) is 5.69. The predicted octanol–water partition coefficient (Wildman–Crippen LogP) is 0.407. The molecule has 2 aromatic rings. The molecule has 2 N–H and O–H groups in total. The number of hydrogen-bond acceptors (Lipinski definition) is 6.